The number of ether oxygens (including phenoxy) is 1. The molecule has 1 aromatic rings. The second-order valence-electron chi connectivity index (χ2n) is 5.18. The summed E-state index contributed by atoms with van der Waals surface area (Å²) < 4.78 is 5.68. The zero-order valence-electron chi connectivity index (χ0n) is 10.6. The summed E-state index contributed by atoms with van der Waals surface area (Å²) in [5.41, 5.74) is 5.81. The first kappa shape index (κ1) is 11.7. The Kier molecular flexibility index (Phi) is 3.32. The van der Waals surface area contributed by atoms with E-state index in [1.54, 1.807) is 6.07 Å². The maximum absolute atomic E-state index is 5.81. The van der Waals surface area contributed by atoms with Gasteiger partial charge < -0.3 is 15.8 Å². The molecular formula is C13H20N4O. The van der Waals surface area contributed by atoms with E-state index in [0.29, 0.717) is 17.8 Å². The summed E-state index contributed by atoms with van der Waals surface area (Å²) in [5.74, 6) is 2.81. The van der Waals surface area contributed by atoms with Crippen LogP contribution in [0.4, 0.5) is 11.6 Å². The molecule has 0 radical (unpaired) electrons. The van der Waals surface area contributed by atoms with Crippen molar-refractivity contribution in [2.45, 2.75) is 44.1 Å². The minimum atomic E-state index is 0.305. The molecule has 3 rings (SSSR count). The lowest BCUT2D eigenvalue weighted by Gasteiger charge is -2.23. The van der Waals surface area contributed by atoms with Crippen molar-refractivity contribution < 1.29 is 4.74 Å². The summed E-state index contributed by atoms with van der Waals surface area (Å²) >= 11 is 0. The lowest BCUT2D eigenvalue weighted by atomic mass is 10.1. The minimum Gasteiger partial charge on any atom is -0.384 e. The average Bonchev–Trinajstić information content (AvgIpc) is 3.21. The van der Waals surface area contributed by atoms with Gasteiger partial charge in [0.15, 0.2) is 0 Å². The van der Waals surface area contributed by atoms with E-state index in [9.17, 15) is 0 Å². The highest BCUT2D eigenvalue weighted by atomic mass is 16.5. The summed E-state index contributed by atoms with van der Waals surface area (Å²) in [6.45, 7) is 1.69. The van der Waals surface area contributed by atoms with Gasteiger partial charge in [-0.15, -0.1) is 0 Å². The van der Waals surface area contributed by atoms with Crippen LogP contribution in [0, 0.1) is 0 Å². The van der Waals surface area contributed by atoms with Crippen molar-refractivity contribution in [2.75, 3.05) is 24.2 Å². The third-order valence-corrected chi connectivity index (χ3v) is 3.49. The van der Waals surface area contributed by atoms with Gasteiger partial charge in [0.25, 0.3) is 0 Å². The minimum absolute atomic E-state index is 0.305. The van der Waals surface area contributed by atoms with Gasteiger partial charge in [-0.05, 0) is 32.1 Å². The molecule has 3 N–H and O–H groups in total. The Bertz CT molecular complexity index is 413. The van der Waals surface area contributed by atoms with Crippen molar-refractivity contribution in [2.24, 2.45) is 0 Å². The molecule has 0 aromatic carbocycles. The molecule has 0 spiro atoms. The smallest absolute Gasteiger partial charge is 0.136 e. The van der Waals surface area contributed by atoms with Crippen LogP contribution >= 0.6 is 0 Å². The number of anilines is 2. The van der Waals surface area contributed by atoms with E-state index in [1.807, 2.05) is 0 Å². The topological polar surface area (TPSA) is 73.1 Å². The summed E-state index contributed by atoms with van der Waals surface area (Å²) in [7, 11) is 0. The number of hydrogen-bond donors (Lipinski definition) is 2. The van der Waals surface area contributed by atoms with Gasteiger partial charge >= 0.3 is 0 Å². The normalized spacial score (nSPS) is 23.9. The molecule has 2 fully saturated rings. The molecule has 0 bridgehead atoms. The van der Waals surface area contributed by atoms with E-state index in [-0.39, 0.29) is 0 Å². The van der Waals surface area contributed by atoms with Gasteiger partial charge in [0.1, 0.15) is 17.5 Å². The van der Waals surface area contributed by atoms with Gasteiger partial charge in [0, 0.05) is 25.1 Å². The molecule has 18 heavy (non-hydrogen) atoms. The number of nitrogens with zero attached hydrogens (tertiary/aromatic N) is 2. The van der Waals surface area contributed by atoms with Gasteiger partial charge in [-0.25, -0.2) is 9.97 Å². The van der Waals surface area contributed by atoms with E-state index >= 15 is 0 Å². The monoisotopic (exact) mass is 248 g/mol. The van der Waals surface area contributed by atoms with Crippen LogP contribution in [-0.2, 0) is 4.74 Å². The Morgan fingerprint density at radius 1 is 1.28 bits per heavy atom. The second kappa shape index (κ2) is 5.10. The van der Waals surface area contributed by atoms with Gasteiger partial charge in [-0.3, -0.25) is 0 Å². The van der Waals surface area contributed by atoms with Crippen molar-refractivity contribution in [3.8, 4) is 0 Å². The molecule has 2 heterocycles. The zero-order valence-corrected chi connectivity index (χ0v) is 10.6. The highest BCUT2D eigenvalue weighted by Gasteiger charge is 2.27. The van der Waals surface area contributed by atoms with Crippen LogP contribution in [0.1, 0.15) is 43.8 Å². The van der Waals surface area contributed by atoms with Crippen LogP contribution < -0.4 is 11.1 Å². The Morgan fingerprint density at radius 3 is 2.89 bits per heavy atom. The Labute approximate surface area is 107 Å². The van der Waals surface area contributed by atoms with Crippen molar-refractivity contribution in [3.63, 3.8) is 0 Å². The largest absolute Gasteiger partial charge is 0.384 e. The number of nitrogen functional groups attached to an aromatic ring is 1. The predicted octanol–water partition coefficient (Wildman–Crippen LogP) is 1.92. The first-order chi connectivity index (χ1) is 8.81. The number of nitrogens with one attached hydrogen (secondary N) is 1. The molecular weight excluding hydrogens is 228 g/mol. The van der Waals surface area contributed by atoms with Gasteiger partial charge in [-0.1, -0.05) is 0 Å². The number of nitrogens with two attached hydrogens (primary N) is 1. The highest BCUT2D eigenvalue weighted by Crippen LogP contribution is 2.38. The van der Waals surface area contributed by atoms with Crippen molar-refractivity contribution in [3.05, 3.63) is 11.9 Å². The van der Waals surface area contributed by atoms with Gasteiger partial charge in [0.05, 0.1) is 6.10 Å². The fourth-order valence-electron chi connectivity index (χ4n) is 2.29. The average molecular weight is 248 g/mol. The van der Waals surface area contributed by atoms with Crippen molar-refractivity contribution in [1.82, 2.24) is 9.97 Å². The third kappa shape index (κ3) is 2.90. The van der Waals surface area contributed by atoms with E-state index in [2.05, 4.69) is 15.3 Å². The van der Waals surface area contributed by atoms with Crippen LogP contribution in [-0.4, -0.2) is 29.2 Å². The first-order valence-electron chi connectivity index (χ1n) is 6.81. The Morgan fingerprint density at radius 2 is 2.17 bits per heavy atom. The molecule has 1 aliphatic carbocycles. The molecule has 5 nitrogen and oxygen atoms in total. The molecule has 1 aliphatic heterocycles. The van der Waals surface area contributed by atoms with E-state index in [4.69, 9.17) is 10.5 Å². The van der Waals surface area contributed by atoms with Crippen LogP contribution in [0.2, 0.25) is 0 Å². The number of hydrogen-bond acceptors (Lipinski definition) is 5. The summed E-state index contributed by atoms with van der Waals surface area (Å²) in [4.78, 5) is 8.81. The summed E-state index contributed by atoms with van der Waals surface area (Å²) in [6.07, 6.45) is 6.25. The van der Waals surface area contributed by atoms with Crippen LogP contribution in [0.25, 0.3) is 0 Å². The molecule has 1 atom stereocenters. The predicted molar refractivity (Wildman–Crippen MR) is 70.5 cm³/mol. The van der Waals surface area contributed by atoms with E-state index in [0.717, 1.165) is 31.2 Å². The van der Waals surface area contributed by atoms with Gasteiger partial charge in [-0.2, -0.15) is 0 Å². The van der Waals surface area contributed by atoms with Crippen LogP contribution in [0.5, 0.6) is 0 Å². The third-order valence-electron chi connectivity index (χ3n) is 3.49. The van der Waals surface area contributed by atoms with E-state index in [1.165, 1.54) is 25.7 Å². The van der Waals surface area contributed by atoms with Crippen LogP contribution in [0.3, 0.4) is 0 Å². The van der Waals surface area contributed by atoms with Gasteiger partial charge in [0.2, 0.25) is 0 Å². The molecule has 1 unspecified atom stereocenters. The molecule has 2 aliphatic rings. The summed E-state index contributed by atoms with van der Waals surface area (Å²) in [5, 5.41) is 3.32. The molecule has 1 saturated carbocycles. The van der Waals surface area contributed by atoms with Crippen molar-refractivity contribution >= 4 is 11.6 Å². The fourth-order valence-corrected chi connectivity index (χ4v) is 2.29. The molecule has 1 aromatic heterocycles. The molecule has 0 amide bonds. The fraction of sp³-hybridized carbons (Fsp3) is 0.692. The second-order valence-corrected chi connectivity index (χ2v) is 5.18. The molecule has 1 saturated heterocycles. The lowest BCUT2D eigenvalue weighted by molar-refractivity contribution is 0.0247. The van der Waals surface area contributed by atoms with Crippen molar-refractivity contribution in [1.29, 1.82) is 0 Å². The number of rotatable bonds is 4. The van der Waals surface area contributed by atoms with Crippen LogP contribution in [0.15, 0.2) is 6.07 Å². The van der Waals surface area contributed by atoms with E-state index < -0.39 is 0 Å². The zero-order chi connectivity index (χ0) is 12.4. The first-order valence-corrected chi connectivity index (χ1v) is 6.81. The molecule has 98 valence electrons. The Balaban J connectivity index is 1.60. The Hall–Kier alpha value is -1.36. The lowest BCUT2D eigenvalue weighted by Crippen LogP contribution is -2.27. The molecule has 5 heteroatoms. The maximum atomic E-state index is 5.81. The SMILES string of the molecule is Nc1cc(NCC2CCCCO2)nc(C2CC2)n1. The standard InChI is InChI=1S/C13H20N4O/c14-11-7-12(17-13(16-11)9-4-5-9)15-8-10-3-1-2-6-18-10/h7,9-10H,1-6,8H2,(H3,14,15,16,17). The number of aromatic nitrogens is 2. The summed E-state index contributed by atoms with van der Waals surface area (Å²) in [6, 6.07) is 1.80. The highest BCUT2D eigenvalue weighted by molar-refractivity contribution is 5.45. The maximum Gasteiger partial charge on any atom is 0.136 e. The quantitative estimate of drug-likeness (QED) is 0.851.